The highest BCUT2D eigenvalue weighted by atomic mass is 79.9. The quantitative estimate of drug-likeness (QED) is 0.394. The number of methoxy groups -OCH3 is 1. The van der Waals surface area contributed by atoms with E-state index in [-0.39, 0.29) is 10.7 Å². The van der Waals surface area contributed by atoms with Gasteiger partial charge in [-0.1, -0.05) is 32.7 Å². The lowest BCUT2D eigenvalue weighted by Crippen LogP contribution is -2.08. The van der Waals surface area contributed by atoms with E-state index in [2.05, 4.69) is 25.8 Å². The van der Waals surface area contributed by atoms with Gasteiger partial charge in [0, 0.05) is 10.0 Å². The maximum Gasteiger partial charge on any atom is 0.338 e. The molecular weight excluding hydrogens is 285 g/mol. The molecule has 0 heterocycles. The first kappa shape index (κ1) is 12.0. The van der Waals surface area contributed by atoms with Gasteiger partial charge in [-0.2, -0.15) is 0 Å². The fraction of sp³-hybridized carbons (Fsp3) is 0.111. The average molecular weight is 293 g/mol. The van der Waals surface area contributed by atoms with Crippen LogP contribution in [0.3, 0.4) is 0 Å². The summed E-state index contributed by atoms with van der Waals surface area (Å²) in [6, 6.07) is 4.75. The Morgan fingerprint density at radius 2 is 2.20 bits per heavy atom. The van der Waals surface area contributed by atoms with E-state index >= 15 is 0 Å². The Morgan fingerprint density at radius 3 is 2.73 bits per heavy atom. The SMILES string of the molecule is COC(=O)c1ccc(Br)cc1C(Cl)=NO. The van der Waals surface area contributed by atoms with Gasteiger partial charge < -0.3 is 9.94 Å². The number of rotatable bonds is 2. The van der Waals surface area contributed by atoms with E-state index in [1.807, 2.05) is 0 Å². The van der Waals surface area contributed by atoms with E-state index in [4.69, 9.17) is 16.8 Å². The molecule has 0 aromatic heterocycles. The van der Waals surface area contributed by atoms with Crippen molar-refractivity contribution in [3.05, 3.63) is 33.8 Å². The number of esters is 1. The molecule has 4 nitrogen and oxygen atoms in total. The van der Waals surface area contributed by atoms with Crippen molar-refractivity contribution in [2.45, 2.75) is 0 Å². The molecule has 0 atom stereocenters. The first-order valence-corrected chi connectivity index (χ1v) is 5.03. The second-order valence-electron chi connectivity index (χ2n) is 2.57. The van der Waals surface area contributed by atoms with E-state index in [1.54, 1.807) is 12.1 Å². The van der Waals surface area contributed by atoms with Gasteiger partial charge in [-0.25, -0.2) is 4.79 Å². The first-order chi connectivity index (χ1) is 7.10. The highest BCUT2D eigenvalue weighted by Gasteiger charge is 2.15. The number of ether oxygens (including phenoxy) is 1. The van der Waals surface area contributed by atoms with Gasteiger partial charge in [0.25, 0.3) is 0 Å². The van der Waals surface area contributed by atoms with Gasteiger partial charge in [0.05, 0.1) is 12.7 Å². The lowest BCUT2D eigenvalue weighted by molar-refractivity contribution is 0.0600. The molecule has 6 heteroatoms. The van der Waals surface area contributed by atoms with Crippen molar-refractivity contribution in [3.63, 3.8) is 0 Å². The normalized spacial score (nSPS) is 11.3. The Morgan fingerprint density at radius 1 is 1.53 bits per heavy atom. The lowest BCUT2D eigenvalue weighted by atomic mass is 10.1. The smallest absolute Gasteiger partial charge is 0.338 e. The van der Waals surface area contributed by atoms with Gasteiger partial charge in [-0.15, -0.1) is 0 Å². The van der Waals surface area contributed by atoms with Gasteiger partial charge in [-0.05, 0) is 18.2 Å². The second kappa shape index (κ2) is 5.14. The number of hydrogen-bond acceptors (Lipinski definition) is 4. The maximum atomic E-state index is 11.3. The van der Waals surface area contributed by atoms with Crippen LogP contribution < -0.4 is 0 Å². The molecule has 0 saturated carbocycles. The third kappa shape index (κ3) is 2.70. The predicted octanol–water partition coefficient (Wildman–Crippen LogP) is 2.61. The molecule has 15 heavy (non-hydrogen) atoms. The van der Waals surface area contributed by atoms with Crippen LogP contribution in [0.25, 0.3) is 0 Å². The number of hydrogen-bond donors (Lipinski definition) is 1. The van der Waals surface area contributed by atoms with Crippen molar-refractivity contribution in [1.29, 1.82) is 0 Å². The zero-order chi connectivity index (χ0) is 11.4. The Hall–Kier alpha value is -1.07. The minimum absolute atomic E-state index is 0.170. The summed E-state index contributed by atoms with van der Waals surface area (Å²) in [5, 5.41) is 11.2. The number of nitrogens with zero attached hydrogens (tertiary/aromatic N) is 1. The van der Waals surface area contributed by atoms with Gasteiger partial charge in [0.2, 0.25) is 0 Å². The van der Waals surface area contributed by atoms with Crippen molar-refractivity contribution in [2.24, 2.45) is 5.16 Å². The monoisotopic (exact) mass is 291 g/mol. The topological polar surface area (TPSA) is 58.9 Å². The van der Waals surface area contributed by atoms with Crippen molar-refractivity contribution < 1.29 is 14.7 Å². The molecule has 80 valence electrons. The number of carbonyl (C=O) groups excluding carboxylic acids is 1. The Kier molecular flexibility index (Phi) is 4.11. The van der Waals surface area contributed by atoms with Crippen molar-refractivity contribution >= 4 is 38.7 Å². The summed E-state index contributed by atoms with van der Waals surface area (Å²) < 4.78 is 5.28. The molecule has 0 radical (unpaired) electrons. The molecule has 1 rings (SSSR count). The van der Waals surface area contributed by atoms with Gasteiger partial charge in [0.15, 0.2) is 5.17 Å². The molecule has 0 spiro atoms. The van der Waals surface area contributed by atoms with Gasteiger partial charge in [0.1, 0.15) is 0 Å². The second-order valence-corrected chi connectivity index (χ2v) is 3.85. The van der Waals surface area contributed by atoms with E-state index in [9.17, 15) is 4.79 Å². The molecule has 0 saturated heterocycles. The van der Waals surface area contributed by atoms with Crippen LogP contribution in [0.1, 0.15) is 15.9 Å². The standard InChI is InChI=1S/C9H7BrClNO3/c1-15-9(13)6-3-2-5(10)4-7(6)8(11)12-14/h2-4,14H,1H3. The summed E-state index contributed by atoms with van der Waals surface area (Å²) in [7, 11) is 1.26. The summed E-state index contributed by atoms with van der Waals surface area (Å²) in [6.07, 6.45) is 0. The van der Waals surface area contributed by atoms with E-state index in [0.717, 1.165) is 0 Å². The Labute approximate surface area is 99.6 Å². The largest absolute Gasteiger partial charge is 0.465 e. The minimum atomic E-state index is -0.542. The van der Waals surface area contributed by atoms with Crippen LogP contribution in [0.2, 0.25) is 0 Å². The highest BCUT2D eigenvalue weighted by Crippen LogP contribution is 2.19. The molecule has 0 amide bonds. The van der Waals surface area contributed by atoms with Crippen LogP contribution in [0.4, 0.5) is 0 Å². The van der Waals surface area contributed by atoms with Crippen molar-refractivity contribution in [2.75, 3.05) is 7.11 Å². The van der Waals surface area contributed by atoms with Crippen LogP contribution in [0, 0.1) is 0 Å². The molecule has 0 fully saturated rings. The molecular formula is C9H7BrClNO3. The van der Waals surface area contributed by atoms with Crippen LogP contribution in [0.15, 0.2) is 27.8 Å². The fourth-order valence-corrected chi connectivity index (χ4v) is 1.55. The number of oxime groups is 1. The third-order valence-corrected chi connectivity index (χ3v) is 2.47. The van der Waals surface area contributed by atoms with Gasteiger partial charge in [-0.3, -0.25) is 0 Å². The fourth-order valence-electron chi connectivity index (χ4n) is 1.03. The average Bonchev–Trinajstić information content (AvgIpc) is 2.26. The first-order valence-electron chi connectivity index (χ1n) is 3.86. The Balaban J connectivity index is 3.33. The zero-order valence-electron chi connectivity index (χ0n) is 7.70. The van der Waals surface area contributed by atoms with E-state index in [1.165, 1.54) is 13.2 Å². The molecule has 0 aliphatic carbocycles. The molecule has 1 aromatic rings. The molecule has 1 aromatic carbocycles. The summed E-state index contributed by atoms with van der Waals surface area (Å²) >= 11 is 8.86. The maximum absolute atomic E-state index is 11.3. The number of carbonyl (C=O) groups is 1. The Bertz CT molecular complexity index is 420. The van der Waals surface area contributed by atoms with Crippen LogP contribution >= 0.6 is 27.5 Å². The van der Waals surface area contributed by atoms with Crippen LogP contribution in [-0.2, 0) is 4.74 Å². The third-order valence-electron chi connectivity index (χ3n) is 1.70. The van der Waals surface area contributed by atoms with E-state index in [0.29, 0.717) is 10.0 Å². The molecule has 0 bridgehead atoms. The lowest BCUT2D eigenvalue weighted by Gasteiger charge is -2.05. The van der Waals surface area contributed by atoms with Gasteiger partial charge >= 0.3 is 5.97 Å². The zero-order valence-corrected chi connectivity index (χ0v) is 10.0. The molecule has 0 unspecified atom stereocenters. The predicted molar refractivity (Wildman–Crippen MR) is 59.7 cm³/mol. The number of benzene rings is 1. The molecule has 0 aliphatic heterocycles. The van der Waals surface area contributed by atoms with Crippen LogP contribution in [0.5, 0.6) is 0 Å². The van der Waals surface area contributed by atoms with Crippen molar-refractivity contribution in [3.8, 4) is 0 Å². The number of halogens is 2. The summed E-state index contributed by atoms with van der Waals surface area (Å²) in [4.78, 5) is 11.3. The summed E-state index contributed by atoms with van der Waals surface area (Å²) in [6.45, 7) is 0. The van der Waals surface area contributed by atoms with E-state index < -0.39 is 5.97 Å². The van der Waals surface area contributed by atoms with Crippen LogP contribution in [-0.4, -0.2) is 23.5 Å². The summed E-state index contributed by atoms with van der Waals surface area (Å²) in [5.74, 6) is -0.542. The van der Waals surface area contributed by atoms with Crippen molar-refractivity contribution in [1.82, 2.24) is 0 Å². The minimum Gasteiger partial charge on any atom is -0.465 e. The molecule has 0 aliphatic rings. The summed E-state index contributed by atoms with van der Waals surface area (Å²) in [5.41, 5.74) is 0.545. The highest BCUT2D eigenvalue weighted by molar-refractivity contribution is 9.10. The molecule has 1 N–H and O–H groups in total.